The number of rotatable bonds is 2. The van der Waals surface area contributed by atoms with Crippen molar-refractivity contribution < 1.29 is 5.11 Å². The van der Waals surface area contributed by atoms with Gasteiger partial charge in [-0.05, 0) is 29.3 Å². The fourth-order valence-corrected chi connectivity index (χ4v) is 1.70. The van der Waals surface area contributed by atoms with Gasteiger partial charge in [-0.15, -0.1) is 0 Å². The molecule has 2 nitrogen and oxygen atoms in total. The number of fused-ring (bicyclic) bond motifs is 1. The van der Waals surface area contributed by atoms with E-state index in [1.54, 1.807) is 6.92 Å². The second kappa shape index (κ2) is 4.01. The van der Waals surface area contributed by atoms with E-state index in [1.807, 2.05) is 36.4 Å². The molecule has 0 aromatic heterocycles. The Balaban J connectivity index is 2.47. The van der Waals surface area contributed by atoms with E-state index in [0.29, 0.717) is 0 Å². The van der Waals surface area contributed by atoms with Crippen LogP contribution in [0.25, 0.3) is 10.8 Å². The van der Waals surface area contributed by atoms with E-state index < -0.39 is 6.10 Å². The molecular weight excluding hydrogens is 186 g/mol. The first-order valence-electron chi connectivity index (χ1n) is 5.11. The topological polar surface area (TPSA) is 46.2 Å². The van der Waals surface area contributed by atoms with Gasteiger partial charge in [-0.25, -0.2) is 0 Å². The van der Waals surface area contributed by atoms with Crippen molar-refractivity contribution in [1.29, 1.82) is 0 Å². The van der Waals surface area contributed by atoms with Crippen LogP contribution < -0.4 is 5.73 Å². The molecule has 0 aliphatic heterocycles. The molecule has 0 saturated carbocycles. The zero-order valence-electron chi connectivity index (χ0n) is 8.72. The molecule has 0 heterocycles. The van der Waals surface area contributed by atoms with Gasteiger partial charge in [0.15, 0.2) is 0 Å². The van der Waals surface area contributed by atoms with Crippen LogP contribution in [-0.4, -0.2) is 11.1 Å². The highest BCUT2D eigenvalue weighted by Crippen LogP contribution is 2.21. The third-order valence-corrected chi connectivity index (χ3v) is 2.61. The van der Waals surface area contributed by atoms with Crippen molar-refractivity contribution in [3.8, 4) is 0 Å². The Hall–Kier alpha value is -1.38. The number of hydrogen-bond donors (Lipinski definition) is 2. The number of hydrogen-bond acceptors (Lipinski definition) is 2. The lowest BCUT2D eigenvalue weighted by molar-refractivity contribution is 0.153. The molecule has 0 fully saturated rings. The zero-order valence-corrected chi connectivity index (χ0v) is 8.72. The highest BCUT2D eigenvalue weighted by molar-refractivity contribution is 5.83. The van der Waals surface area contributed by atoms with Crippen LogP contribution >= 0.6 is 0 Å². The van der Waals surface area contributed by atoms with E-state index in [1.165, 1.54) is 5.39 Å². The minimum Gasteiger partial charge on any atom is -0.387 e. The molecule has 2 rings (SSSR count). The normalized spacial score (nSPS) is 15.1. The van der Waals surface area contributed by atoms with Gasteiger partial charge in [-0.2, -0.15) is 0 Å². The summed E-state index contributed by atoms with van der Waals surface area (Å²) in [4.78, 5) is 0. The Bertz CT molecular complexity index is 465. The average molecular weight is 201 g/mol. The molecule has 2 heteroatoms. The molecule has 2 aromatic carbocycles. The molecule has 0 radical (unpaired) electrons. The van der Waals surface area contributed by atoms with Crippen LogP contribution in [0, 0.1) is 0 Å². The third-order valence-electron chi connectivity index (χ3n) is 2.61. The van der Waals surface area contributed by atoms with Crippen LogP contribution in [0.1, 0.15) is 18.6 Å². The minimum atomic E-state index is -0.588. The summed E-state index contributed by atoms with van der Waals surface area (Å²) in [5.41, 5.74) is 6.54. The lowest BCUT2D eigenvalue weighted by Gasteiger charge is -2.15. The fourth-order valence-electron chi connectivity index (χ4n) is 1.70. The summed E-state index contributed by atoms with van der Waals surface area (Å²) in [6, 6.07) is 13.8. The highest BCUT2D eigenvalue weighted by Gasteiger charge is 2.12. The molecule has 0 unspecified atom stereocenters. The van der Waals surface area contributed by atoms with Gasteiger partial charge in [-0.3, -0.25) is 0 Å². The largest absolute Gasteiger partial charge is 0.387 e. The summed E-state index contributed by atoms with van der Waals surface area (Å²) < 4.78 is 0. The molecule has 15 heavy (non-hydrogen) atoms. The predicted molar refractivity (Wildman–Crippen MR) is 62.6 cm³/mol. The van der Waals surface area contributed by atoms with E-state index in [-0.39, 0.29) is 6.04 Å². The number of benzene rings is 2. The van der Waals surface area contributed by atoms with Crippen molar-refractivity contribution in [2.45, 2.75) is 19.1 Å². The number of aliphatic hydroxyl groups is 1. The zero-order chi connectivity index (χ0) is 10.8. The van der Waals surface area contributed by atoms with E-state index >= 15 is 0 Å². The molecule has 3 N–H and O–H groups in total. The SMILES string of the molecule is C[C@@H](N)[C@@H](O)c1ccc2ccccc2c1. The van der Waals surface area contributed by atoms with Crippen molar-refractivity contribution in [3.05, 3.63) is 48.0 Å². The predicted octanol–water partition coefficient (Wildman–Crippen LogP) is 2.22. The fraction of sp³-hybridized carbons (Fsp3) is 0.231. The molecule has 0 aliphatic carbocycles. The Kier molecular flexibility index (Phi) is 2.71. The Morgan fingerprint density at radius 2 is 1.73 bits per heavy atom. The van der Waals surface area contributed by atoms with Crippen molar-refractivity contribution in [3.63, 3.8) is 0 Å². The van der Waals surface area contributed by atoms with E-state index in [0.717, 1.165) is 10.9 Å². The van der Waals surface area contributed by atoms with Gasteiger partial charge in [0, 0.05) is 6.04 Å². The quantitative estimate of drug-likeness (QED) is 0.782. The Morgan fingerprint density at radius 1 is 1.07 bits per heavy atom. The Labute approximate surface area is 89.3 Å². The first-order valence-corrected chi connectivity index (χ1v) is 5.11. The van der Waals surface area contributed by atoms with Crippen molar-refractivity contribution in [1.82, 2.24) is 0 Å². The van der Waals surface area contributed by atoms with Gasteiger partial charge < -0.3 is 10.8 Å². The van der Waals surface area contributed by atoms with Crippen LogP contribution in [0.2, 0.25) is 0 Å². The Morgan fingerprint density at radius 3 is 2.40 bits per heavy atom. The van der Waals surface area contributed by atoms with Crippen LogP contribution in [0.3, 0.4) is 0 Å². The molecule has 2 aromatic rings. The third kappa shape index (κ3) is 2.01. The summed E-state index contributed by atoms with van der Waals surface area (Å²) in [6.45, 7) is 1.81. The van der Waals surface area contributed by atoms with Gasteiger partial charge in [0.2, 0.25) is 0 Å². The maximum atomic E-state index is 9.83. The summed E-state index contributed by atoms with van der Waals surface area (Å²) in [6.07, 6.45) is -0.588. The molecule has 0 bridgehead atoms. The van der Waals surface area contributed by atoms with E-state index in [4.69, 9.17) is 5.73 Å². The van der Waals surface area contributed by atoms with E-state index in [2.05, 4.69) is 6.07 Å². The van der Waals surface area contributed by atoms with Gasteiger partial charge >= 0.3 is 0 Å². The monoisotopic (exact) mass is 201 g/mol. The van der Waals surface area contributed by atoms with Crippen LogP contribution in [0.4, 0.5) is 0 Å². The lowest BCUT2D eigenvalue weighted by atomic mass is 10.0. The number of nitrogens with two attached hydrogens (primary N) is 1. The molecule has 0 spiro atoms. The molecule has 0 aliphatic rings. The molecule has 78 valence electrons. The van der Waals surface area contributed by atoms with Crippen molar-refractivity contribution in [2.24, 2.45) is 5.73 Å². The molecule has 0 amide bonds. The second-order valence-corrected chi connectivity index (χ2v) is 3.91. The summed E-state index contributed by atoms with van der Waals surface area (Å²) in [5.74, 6) is 0. The van der Waals surface area contributed by atoms with Crippen LogP contribution in [0.15, 0.2) is 42.5 Å². The first-order chi connectivity index (χ1) is 7.18. The van der Waals surface area contributed by atoms with Crippen molar-refractivity contribution in [2.75, 3.05) is 0 Å². The van der Waals surface area contributed by atoms with E-state index in [9.17, 15) is 5.11 Å². The maximum absolute atomic E-state index is 9.83. The average Bonchev–Trinajstić information content (AvgIpc) is 2.27. The summed E-state index contributed by atoms with van der Waals surface area (Å²) >= 11 is 0. The summed E-state index contributed by atoms with van der Waals surface area (Å²) in [5, 5.41) is 12.1. The molecule has 2 atom stereocenters. The number of aliphatic hydroxyl groups excluding tert-OH is 1. The second-order valence-electron chi connectivity index (χ2n) is 3.91. The van der Waals surface area contributed by atoms with Crippen LogP contribution in [-0.2, 0) is 0 Å². The lowest BCUT2D eigenvalue weighted by Crippen LogP contribution is -2.24. The standard InChI is InChI=1S/C13H15NO/c1-9(14)13(15)12-7-6-10-4-2-3-5-11(10)8-12/h2-9,13,15H,14H2,1H3/t9-,13-/m1/s1. The molecular formula is C13H15NO. The van der Waals surface area contributed by atoms with Crippen LogP contribution in [0.5, 0.6) is 0 Å². The maximum Gasteiger partial charge on any atom is 0.0938 e. The molecule has 0 saturated heterocycles. The van der Waals surface area contributed by atoms with Crippen molar-refractivity contribution >= 4 is 10.8 Å². The summed E-state index contributed by atoms with van der Waals surface area (Å²) in [7, 11) is 0. The van der Waals surface area contributed by atoms with Gasteiger partial charge in [0.1, 0.15) is 0 Å². The smallest absolute Gasteiger partial charge is 0.0938 e. The van der Waals surface area contributed by atoms with Gasteiger partial charge in [0.05, 0.1) is 6.10 Å². The van der Waals surface area contributed by atoms with Gasteiger partial charge in [0.25, 0.3) is 0 Å². The van der Waals surface area contributed by atoms with Gasteiger partial charge in [-0.1, -0.05) is 36.4 Å². The minimum absolute atomic E-state index is 0.244. The first kappa shape index (κ1) is 10.1. The highest BCUT2D eigenvalue weighted by atomic mass is 16.3.